The molecule has 3 nitrogen and oxygen atoms in total. The van der Waals surface area contributed by atoms with E-state index in [2.05, 4.69) is 5.32 Å². The van der Waals surface area contributed by atoms with Gasteiger partial charge in [0.1, 0.15) is 0 Å². The van der Waals surface area contributed by atoms with Crippen LogP contribution in [0, 0.1) is 0 Å². The molecular weight excluding hydrogens is 248 g/mol. The monoisotopic (exact) mass is 268 g/mol. The number of amides is 1. The Morgan fingerprint density at radius 3 is 2.39 bits per heavy atom. The number of halogens is 1. The number of carbonyl (C=O) groups is 1. The Morgan fingerprint density at radius 1 is 1.28 bits per heavy atom. The van der Waals surface area contributed by atoms with Crippen molar-refractivity contribution in [1.29, 1.82) is 0 Å². The van der Waals surface area contributed by atoms with Gasteiger partial charge in [-0.25, -0.2) is 0 Å². The molecule has 1 aliphatic carbocycles. The summed E-state index contributed by atoms with van der Waals surface area (Å²) in [5.41, 5.74) is 6.59. The van der Waals surface area contributed by atoms with Crippen molar-refractivity contribution in [2.45, 2.75) is 44.2 Å². The van der Waals surface area contributed by atoms with E-state index < -0.39 is 5.54 Å². The van der Waals surface area contributed by atoms with Crippen molar-refractivity contribution < 1.29 is 4.79 Å². The minimum Gasteiger partial charge on any atom is -0.348 e. The van der Waals surface area contributed by atoms with Gasteiger partial charge in [-0.05, 0) is 25.3 Å². The Kier molecular flexibility index (Phi) is 5.17. The third kappa shape index (κ3) is 3.24. The second-order valence-electron chi connectivity index (χ2n) is 4.97. The predicted molar refractivity (Wildman–Crippen MR) is 75.6 cm³/mol. The predicted octanol–water partition coefficient (Wildman–Crippen LogP) is 2.56. The van der Waals surface area contributed by atoms with Crippen LogP contribution in [0.5, 0.6) is 0 Å². The molecule has 100 valence electrons. The third-order valence-electron chi connectivity index (χ3n) is 3.60. The molecule has 1 fully saturated rings. The highest BCUT2D eigenvalue weighted by atomic mass is 35.5. The molecule has 0 radical (unpaired) electrons. The second kappa shape index (κ2) is 6.21. The summed E-state index contributed by atoms with van der Waals surface area (Å²) in [6.45, 7) is 1.99. The van der Waals surface area contributed by atoms with E-state index in [0.29, 0.717) is 0 Å². The molecule has 1 saturated carbocycles. The van der Waals surface area contributed by atoms with E-state index in [0.717, 1.165) is 31.2 Å². The van der Waals surface area contributed by atoms with Crippen molar-refractivity contribution in [3.63, 3.8) is 0 Å². The topological polar surface area (TPSA) is 55.1 Å². The zero-order valence-electron chi connectivity index (χ0n) is 10.7. The molecule has 2 rings (SSSR count). The molecule has 1 aliphatic rings. The van der Waals surface area contributed by atoms with Crippen LogP contribution in [0.3, 0.4) is 0 Å². The van der Waals surface area contributed by atoms with Crippen LogP contribution in [0.2, 0.25) is 0 Å². The quantitative estimate of drug-likeness (QED) is 0.885. The van der Waals surface area contributed by atoms with Gasteiger partial charge in [0.25, 0.3) is 0 Å². The fourth-order valence-corrected chi connectivity index (χ4v) is 2.40. The van der Waals surface area contributed by atoms with Crippen LogP contribution in [-0.2, 0) is 4.79 Å². The van der Waals surface area contributed by atoms with Crippen molar-refractivity contribution in [2.75, 3.05) is 0 Å². The maximum Gasteiger partial charge on any atom is 0.240 e. The minimum atomic E-state index is -0.636. The van der Waals surface area contributed by atoms with E-state index in [1.807, 2.05) is 37.3 Å². The first-order chi connectivity index (χ1) is 8.12. The standard InChI is InChI=1S/C14H20N2O.ClH/c1-11(12-7-3-2-4-8-12)16-13(17)14(15)9-5-6-10-14;/h2-4,7-8,11H,5-6,9-10,15H2,1H3,(H,16,17);1H. The largest absolute Gasteiger partial charge is 0.348 e. The first-order valence-corrected chi connectivity index (χ1v) is 6.27. The van der Waals surface area contributed by atoms with E-state index in [-0.39, 0.29) is 24.4 Å². The van der Waals surface area contributed by atoms with Gasteiger partial charge in [-0.1, -0.05) is 43.2 Å². The Hall–Kier alpha value is -1.06. The van der Waals surface area contributed by atoms with Gasteiger partial charge in [-0.2, -0.15) is 0 Å². The highest BCUT2D eigenvalue weighted by Gasteiger charge is 2.37. The molecule has 0 heterocycles. The van der Waals surface area contributed by atoms with Gasteiger partial charge in [0.15, 0.2) is 0 Å². The Morgan fingerprint density at radius 2 is 1.83 bits per heavy atom. The summed E-state index contributed by atoms with van der Waals surface area (Å²) in [7, 11) is 0. The number of nitrogens with two attached hydrogens (primary N) is 1. The lowest BCUT2D eigenvalue weighted by Crippen LogP contribution is -2.52. The maximum atomic E-state index is 12.1. The molecule has 1 unspecified atom stereocenters. The molecule has 0 spiro atoms. The van der Waals surface area contributed by atoms with Gasteiger partial charge < -0.3 is 11.1 Å². The highest BCUT2D eigenvalue weighted by molar-refractivity contribution is 5.86. The van der Waals surface area contributed by atoms with Crippen molar-refractivity contribution in [1.82, 2.24) is 5.32 Å². The molecular formula is C14H21ClN2O. The molecule has 18 heavy (non-hydrogen) atoms. The van der Waals surface area contributed by atoms with E-state index in [9.17, 15) is 4.79 Å². The fourth-order valence-electron chi connectivity index (χ4n) is 2.40. The molecule has 0 bridgehead atoms. The first-order valence-electron chi connectivity index (χ1n) is 6.27. The lowest BCUT2D eigenvalue weighted by atomic mass is 9.97. The number of rotatable bonds is 3. The first kappa shape index (κ1) is 15.0. The van der Waals surface area contributed by atoms with Gasteiger partial charge in [-0.15, -0.1) is 12.4 Å². The zero-order chi connectivity index (χ0) is 12.3. The Labute approximate surface area is 115 Å². The molecule has 1 amide bonds. The van der Waals surface area contributed by atoms with Crippen LogP contribution in [0.15, 0.2) is 30.3 Å². The number of nitrogens with one attached hydrogen (secondary N) is 1. The van der Waals surface area contributed by atoms with Crippen LogP contribution in [-0.4, -0.2) is 11.4 Å². The molecule has 1 aromatic carbocycles. The van der Waals surface area contributed by atoms with Crippen molar-refractivity contribution in [2.24, 2.45) is 5.73 Å². The maximum absolute atomic E-state index is 12.1. The Balaban J connectivity index is 0.00000162. The lowest BCUT2D eigenvalue weighted by Gasteiger charge is -2.25. The lowest BCUT2D eigenvalue weighted by molar-refractivity contribution is -0.126. The summed E-state index contributed by atoms with van der Waals surface area (Å²) < 4.78 is 0. The average molecular weight is 269 g/mol. The SMILES string of the molecule is CC(NC(=O)C1(N)CCCC1)c1ccccc1.Cl. The smallest absolute Gasteiger partial charge is 0.240 e. The summed E-state index contributed by atoms with van der Waals surface area (Å²) in [5.74, 6) is -0.00801. The molecule has 3 N–H and O–H groups in total. The average Bonchev–Trinajstić information content (AvgIpc) is 2.78. The van der Waals surface area contributed by atoms with Crippen LogP contribution >= 0.6 is 12.4 Å². The van der Waals surface area contributed by atoms with Gasteiger partial charge in [0.2, 0.25) is 5.91 Å². The zero-order valence-corrected chi connectivity index (χ0v) is 11.5. The van der Waals surface area contributed by atoms with Gasteiger partial charge in [0, 0.05) is 0 Å². The van der Waals surface area contributed by atoms with Crippen molar-refractivity contribution in [3.05, 3.63) is 35.9 Å². The van der Waals surface area contributed by atoms with Crippen LogP contribution in [0.1, 0.15) is 44.2 Å². The van der Waals surface area contributed by atoms with E-state index in [1.54, 1.807) is 0 Å². The van der Waals surface area contributed by atoms with Crippen molar-refractivity contribution >= 4 is 18.3 Å². The number of benzene rings is 1. The van der Waals surface area contributed by atoms with Crippen LogP contribution in [0.25, 0.3) is 0 Å². The summed E-state index contributed by atoms with van der Waals surface area (Å²) in [6, 6.07) is 9.98. The highest BCUT2D eigenvalue weighted by Crippen LogP contribution is 2.28. The summed E-state index contributed by atoms with van der Waals surface area (Å²) in [5, 5.41) is 3.01. The molecule has 0 aromatic heterocycles. The molecule has 4 heteroatoms. The number of carbonyl (C=O) groups excluding carboxylic acids is 1. The summed E-state index contributed by atoms with van der Waals surface area (Å²) in [4.78, 5) is 12.1. The van der Waals surface area contributed by atoms with Crippen molar-refractivity contribution in [3.8, 4) is 0 Å². The van der Waals surface area contributed by atoms with E-state index in [1.165, 1.54) is 0 Å². The number of hydrogen-bond acceptors (Lipinski definition) is 2. The third-order valence-corrected chi connectivity index (χ3v) is 3.60. The minimum absolute atomic E-state index is 0. The van der Waals surface area contributed by atoms with E-state index >= 15 is 0 Å². The number of hydrogen-bond donors (Lipinski definition) is 2. The van der Waals surface area contributed by atoms with Gasteiger partial charge in [-0.3, -0.25) is 4.79 Å². The van der Waals surface area contributed by atoms with Crippen LogP contribution in [0.4, 0.5) is 0 Å². The molecule has 0 aliphatic heterocycles. The molecule has 1 atom stereocenters. The van der Waals surface area contributed by atoms with Crippen LogP contribution < -0.4 is 11.1 Å². The summed E-state index contributed by atoms with van der Waals surface area (Å²) >= 11 is 0. The van der Waals surface area contributed by atoms with Gasteiger partial charge >= 0.3 is 0 Å². The Bertz CT molecular complexity index is 388. The second-order valence-corrected chi connectivity index (χ2v) is 4.97. The summed E-state index contributed by atoms with van der Waals surface area (Å²) in [6.07, 6.45) is 3.73. The van der Waals surface area contributed by atoms with E-state index in [4.69, 9.17) is 5.73 Å². The molecule has 1 aromatic rings. The normalized spacial score (nSPS) is 18.8. The van der Waals surface area contributed by atoms with Gasteiger partial charge in [0.05, 0.1) is 11.6 Å². The molecule has 0 saturated heterocycles. The fraction of sp³-hybridized carbons (Fsp3) is 0.500.